The smallest absolute Gasteiger partial charge is 0.136 e. The molecule has 6 aromatic carbocycles. The highest BCUT2D eigenvalue weighted by atomic mass is 16.3. The number of imidazole rings is 1. The van der Waals surface area contributed by atoms with E-state index >= 15 is 0 Å². The van der Waals surface area contributed by atoms with Crippen LogP contribution in [0.3, 0.4) is 0 Å². The van der Waals surface area contributed by atoms with E-state index in [0.717, 1.165) is 77.5 Å². The lowest BCUT2D eigenvalue weighted by Gasteiger charge is -2.09. The van der Waals surface area contributed by atoms with Crippen LogP contribution in [-0.4, -0.2) is 9.55 Å². The van der Waals surface area contributed by atoms with Crippen LogP contribution in [0.25, 0.3) is 82.9 Å². The first kappa shape index (κ1) is 23.1. The first-order chi connectivity index (χ1) is 20.7. The molecule has 198 valence electrons. The fourth-order valence-corrected chi connectivity index (χ4v) is 6.30. The van der Waals surface area contributed by atoms with Gasteiger partial charge in [0.05, 0.1) is 11.0 Å². The molecule has 0 fully saturated rings. The van der Waals surface area contributed by atoms with Crippen LogP contribution in [0.2, 0.25) is 0 Å². The van der Waals surface area contributed by atoms with Gasteiger partial charge in [-0.25, -0.2) is 4.98 Å². The number of benzene rings is 6. The Bertz CT molecular complexity index is 2460. The minimum Gasteiger partial charge on any atom is -0.456 e. The number of hydrogen-bond acceptors (Lipinski definition) is 3. The summed E-state index contributed by atoms with van der Waals surface area (Å²) >= 11 is 0. The van der Waals surface area contributed by atoms with Crippen LogP contribution in [0, 0.1) is 6.92 Å². The Labute approximate surface area is 241 Å². The highest BCUT2D eigenvalue weighted by Gasteiger charge is 2.14. The number of nitrogens with zero attached hydrogens (tertiary/aromatic N) is 2. The van der Waals surface area contributed by atoms with Gasteiger partial charge in [0.15, 0.2) is 0 Å². The Morgan fingerprint density at radius 2 is 1.02 bits per heavy atom. The van der Waals surface area contributed by atoms with Gasteiger partial charge in [-0.3, -0.25) is 4.57 Å². The van der Waals surface area contributed by atoms with Gasteiger partial charge < -0.3 is 8.83 Å². The third-order valence-corrected chi connectivity index (χ3v) is 8.37. The van der Waals surface area contributed by atoms with Crippen LogP contribution in [0.1, 0.15) is 5.82 Å². The van der Waals surface area contributed by atoms with Crippen LogP contribution >= 0.6 is 0 Å². The zero-order valence-corrected chi connectivity index (χ0v) is 22.8. The molecule has 9 aromatic rings. The number of furan rings is 2. The molecule has 0 aliphatic rings. The van der Waals surface area contributed by atoms with Crippen molar-refractivity contribution in [2.45, 2.75) is 6.92 Å². The average Bonchev–Trinajstić information content (AvgIpc) is 3.69. The third kappa shape index (κ3) is 3.45. The highest BCUT2D eigenvalue weighted by molar-refractivity contribution is 6.15. The molecule has 0 bridgehead atoms. The van der Waals surface area contributed by atoms with E-state index in [4.69, 9.17) is 13.8 Å². The maximum absolute atomic E-state index is 6.27. The number of para-hydroxylation sites is 3. The van der Waals surface area contributed by atoms with Gasteiger partial charge in [0, 0.05) is 27.2 Å². The molecule has 4 nitrogen and oxygen atoms in total. The van der Waals surface area contributed by atoms with Gasteiger partial charge in [0.2, 0.25) is 0 Å². The number of aromatic nitrogens is 2. The molecular weight excluding hydrogens is 516 g/mol. The highest BCUT2D eigenvalue weighted by Crippen LogP contribution is 2.38. The molecule has 0 aliphatic carbocycles. The predicted octanol–water partition coefficient (Wildman–Crippen LogP) is 10.5. The lowest BCUT2D eigenvalue weighted by Crippen LogP contribution is -1.96. The van der Waals surface area contributed by atoms with Crippen molar-refractivity contribution in [3.05, 3.63) is 133 Å². The summed E-state index contributed by atoms with van der Waals surface area (Å²) in [5, 5.41) is 4.34. The van der Waals surface area contributed by atoms with Crippen molar-refractivity contribution in [3.8, 4) is 27.9 Å². The zero-order chi connectivity index (χ0) is 27.8. The van der Waals surface area contributed by atoms with E-state index in [2.05, 4.69) is 115 Å². The maximum Gasteiger partial charge on any atom is 0.136 e. The molecule has 4 heteroatoms. The Hall–Kier alpha value is -5.61. The number of rotatable bonds is 3. The van der Waals surface area contributed by atoms with Crippen molar-refractivity contribution in [2.75, 3.05) is 0 Å². The zero-order valence-electron chi connectivity index (χ0n) is 22.8. The van der Waals surface area contributed by atoms with Crippen LogP contribution in [0.15, 0.2) is 136 Å². The van der Waals surface area contributed by atoms with Crippen molar-refractivity contribution in [1.29, 1.82) is 0 Å². The molecule has 0 saturated heterocycles. The van der Waals surface area contributed by atoms with Crippen LogP contribution in [0.4, 0.5) is 0 Å². The van der Waals surface area contributed by atoms with Gasteiger partial charge in [0.1, 0.15) is 28.2 Å². The molecule has 0 N–H and O–H groups in total. The molecule has 42 heavy (non-hydrogen) atoms. The lowest BCUT2D eigenvalue weighted by atomic mass is 9.99. The molecule has 0 aliphatic heterocycles. The van der Waals surface area contributed by atoms with Crippen LogP contribution in [-0.2, 0) is 0 Å². The fraction of sp³-hybridized carbons (Fsp3) is 0.0263. The quantitative estimate of drug-likeness (QED) is 0.224. The van der Waals surface area contributed by atoms with Gasteiger partial charge in [-0.05, 0) is 83.8 Å². The fourth-order valence-electron chi connectivity index (χ4n) is 6.30. The Balaban J connectivity index is 1.06. The summed E-state index contributed by atoms with van der Waals surface area (Å²) in [6.45, 7) is 2.05. The monoisotopic (exact) mass is 540 g/mol. The van der Waals surface area contributed by atoms with E-state index in [1.807, 2.05) is 24.3 Å². The summed E-state index contributed by atoms with van der Waals surface area (Å²) < 4.78 is 14.6. The van der Waals surface area contributed by atoms with Gasteiger partial charge >= 0.3 is 0 Å². The number of aryl methyl sites for hydroxylation is 1. The molecule has 0 amide bonds. The molecule has 9 rings (SSSR count). The molecule has 0 spiro atoms. The maximum atomic E-state index is 6.27. The summed E-state index contributed by atoms with van der Waals surface area (Å²) in [5.41, 5.74) is 11.4. The molecule has 3 heterocycles. The summed E-state index contributed by atoms with van der Waals surface area (Å²) in [6.07, 6.45) is 0. The molecule has 0 saturated carbocycles. The second kappa shape index (κ2) is 8.69. The number of fused-ring (bicyclic) bond motifs is 7. The average molecular weight is 541 g/mol. The van der Waals surface area contributed by atoms with Crippen LogP contribution < -0.4 is 0 Å². The van der Waals surface area contributed by atoms with E-state index in [0.29, 0.717) is 0 Å². The molecular formula is C38H24N2O2. The molecule has 0 radical (unpaired) electrons. The topological polar surface area (TPSA) is 44.1 Å². The van der Waals surface area contributed by atoms with Crippen molar-refractivity contribution in [1.82, 2.24) is 9.55 Å². The lowest BCUT2D eigenvalue weighted by molar-refractivity contribution is 0.664. The molecule has 3 aromatic heterocycles. The second-order valence-electron chi connectivity index (χ2n) is 10.9. The normalized spacial score (nSPS) is 11.9. The van der Waals surface area contributed by atoms with E-state index < -0.39 is 0 Å². The first-order valence-corrected chi connectivity index (χ1v) is 14.1. The van der Waals surface area contributed by atoms with E-state index in [1.165, 1.54) is 11.1 Å². The summed E-state index contributed by atoms with van der Waals surface area (Å²) in [4.78, 5) is 4.72. The third-order valence-electron chi connectivity index (χ3n) is 8.37. The van der Waals surface area contributed by atoms with E-state index in [-0.39, 0.29) is 0 Å². The van der Waals surface area contributed by atoms with Crippen molar-refractivity contribution in [3.63, 3.8) is 0 Å². The Kier molecular flexibility index (Phi) is 4.79. The van der Waals surface area contributed by atoms with Crippen molar-refractivity contribution < 1.29 is 8.83 Å². The van der Waals surface area contributed by atoms with Gasteiger partial charge in [-0.1, -0.05) is 72.8 Å². The van der Waals surface area contributed by atoms with E-state index in [9.17, 15) is 0 Å². The first-order valence-electron chi connectivity index (χ1n) is 14.1. The van der Waals surface area contributed by atoms with Crippen molar-refractivity contribution in [2.24, 2.45) is 0 Å². The van der Waals surface area contributed by atoms with E-state index in [1.54, 1.807) is 0 Å². The van der Waals surface area contributed by atoms with Gasteiger partial charge in [-0.2, -0.15) is 0 Å². The molecule has 0 atom stereocenters. The minimum absolute atomic E-state index is 0.874. The van der Waals surface area contributed by atoms with Gasteiger partial charge in [0.25, 0.3) is 0 Å². The summed E-state index contributed by atoms with van der Waals surface area (Å²) in [7, 11) is 0. The SMILES string of the molecule is Cc1nc2ccccc2n1-c1ccc(-c2ccc(-c3ccc4oc5cc6c(cc5c4c3)oc3ccccc36)cc2)cc1. The second-order valence-corrected chi connectivity index (χ2v) is 10.9. The Morgan fingerprint density at radius 3 is 1.79 bits per heavy atom. The van der Waals surface area contributed by atoms with Crippen molar-refractivity contribution >= 4 is 54.9 Å². The standard InChI is InChI=1S/C38H24N2O2/c1-23-39-33-7-3-4-8-34(33)40(23)28-17-14-25(15-18-28)24-10-12-26(13-11-24)27-16-19-36-30(20-27)32-22-37-31(21-38(32)42-36)29-6-2-5-9-35(29)41-37/h2-22H,1H3. The predicted molar refractivity (Wildman–Crippen MR) is 171 cm³/mol. The minimum atomic E-state index is 0.874. The summed E-state index contributed by atoms with van der Waals surface area (Å²) in [5.74, 6) is 0.984. The molecule has 0 unspecified atom stereocenters. The summed E-state index contributed by atoms with van der Waals surface area (Å²) in [6, 6.07) is 44.5. The largest absolute Gasteiger partial charge is 0.456 e. The Morgan fingerprint density at radius 1 is 0.476 bits per heavy atom. The van der Waals surface area contributed by atoms with Gasteiger partial charge in [-0.15, -0.1) is 0 Å². The number of hydrogen-bond donors (Lipinski definition) is 0. The van der Waals surface area contributed by atoms with Crippen LogP contribution in [0.5, 0.6) is 0 Å².